The second-order valence-electron chi connectivity index (χ2n) is 4.71. The van der Waals surface area contributed by atoms with Crippen LogP contribution in [0.15, 0.2) is 12.1 Å². The molecule has 1 saturated heterocycles. The monoisotopic (exact) mass is 240 g/mol. The van der Waals surface area contributed by atoms with Crippen LogP contribution < -0.4 is 10.6 Å². The molecule has 0 bridgehead atoms. The summed E-state index contributed by atoms with van der Waals surface area (Å²) in [4.78, 5) is 2.02. The molecule has 17 heavy (non-hydrogen) atoms. The zero-order valence-electron chi connectivity index (χ0n) is 10.0. The maximum Gasteiger partial charge on any atom is 0.151 e. The maximum atomic E-state index is 13.4. The highest BCUT2D eigenvalue weighted by Crippen LogP contribution is 2.31. The molecule has 2 nitrogen and oxygen atoms in total. The van der Waals surface area contributed by atoms with Crippen LogP contribution in [0.5, 0.6) is 0 Å². The number of nitrogens with two attached hydrogens (primary N) is 1. The predicted molar refractivity (Wildman–Crippen MR) is 66.0 cm³/mol. The summed E-state index contributed by atoms with van der Waals surface area (Å²) >= 11 is 0. The van der Waals surface area contributed by atoms with Gasteiger partial charge >= 0.3 is 0 Å². The molecule has 1 unspecified atom stereocenters. The number of rotatable bonds is 1. The Morgan fingerprint density at radius 3 is 2.76 bits per heavy atom. The maximum absolute atomic E-state index is 13.4. The Morgan fingerprint density at radius 2 is 2.00 bits per heavy atom. The number of benzene rings is 1. The van der Waals surface area contributed by atoms with Gasteiger partial charge in [-0.1, -0.05) is 12.8 Å². The second kappa shape index (κ2) is 4.90. The average Bonchev–Trinajstić information content (AvgIpc) is 2.48. The van der Waals surface area contributed by atoms with Crippen molar-refractivity contribution < 1.29 is 8.78 Å². The van der Waals surface area contributed by atoms with E-state index in [1.807, 2.05) is 4.90 Å². The van der Waals surface area contributed by atoms with Crippen LogP contribution in [-0.2, 0) is 0 Å². The number of halogens is 2. The van der Waals surface area contributed by atoms with Crippen molar-refractivity contribution in [2.24, 2.45) is 0 Å². The molecule has 1 aromatic rings. The van der Waals surface area contributed by atoms with Crippen LogP contribution in [0.1, 0.15) is 32.6 Å². The van der Waals surface area contributed by atoms with Gasteiger partial charge in [-0.15, -0.1) is 0 Å². The van der Waals surface area contributed by atoms with Crippen LogP contribution in [0, 0.1) is 11.6 Å². The second-order valence-corrected chi connectivity index (χ2v) is 4.71. The molecule has 1 aromatic carbocycles. The van der Waals surface area contributed by atoms with Gasteiger partial charge < -0.3 is 10.6 Å². The van der Waals surface area contributed by atoms with Crippen molar-refractivity contribution in [2.45, 2.75) is 38.6 Å². The molecule has 2 N–H and O–H groups in total. The lowest BCUT2D eigenvalue weighted by atomic mass is 10.1. The van der Waals surface area contributed by atoms with E-state index in [-0.39, 0.29) is 11.7 Å². The van der Waals surface area contributed by atoms with Crippen molar-refractivity contribution in [3.63, 3.8) is 0 Å². The summed E-state index contributed by atoms with van der Waals surface area (Å²) < 4.78 is 26.7. The molecule has 0 saturated carbocycles. The zero-order valence-corrected chi connectivity index (χ0v) is 10.0. The van der Waals surface area contributed by atoms with E-state index in [0.29, 0.717) is 5.69 Å². The van der Waals surface area contributed by atoms with E-state index in [1.54, 1.807) is 0 Å². The van der Waals surface area contributed by atoms with Gasteiger partial charge in [0.1, 0.15) is 5.82 Å². The largest absolute Gasteiger partial charge is 0.395 e. The highest BCUT2D eigenvalue weighted by atomic mass is 19.1. The summed E-state index contributed by atoms with van der Waals surface area (Å²) in [6.07, 6.45) is 4.41. The Bertz CT molecular complexity index is 407. The Hall–Kier alpha value is -1.32. The van der Waals surface area contributed by atoms with Crippen LogP contribution in [0.2, 0.25) is 0 Å². The molecule has 2 rings (SSSR count). The van der Waals surface area contributed by atoms with Crippen molar-refractivity contribution >= 4 is 11.4 Å². The van der Waals surface area contributed by atoms with E-state index in [1.165, 1.54) is 12.5 Å². The molecule has 1 heterocycles. The van der Waals surface area contributed by atoms with Crippen molar-refractivity contribution in [2.75, 3.05) is 17.2 Å². The number of nitrogen functional groups attached to an aromatic ring is 1. The summed E-state index contributed by atoms with van der Waals surface area (Å²) in [6.45, 7) is 2.89. The molecular weight excluding hydrogens is 222 g/mol. The number of hydrogen-bond acceptors (Lipinski definition) is 2. The number of anilines is 2. The Kier molecular flexibility index (Phi) is 3.50. The van der Waals surface area contributed by atoms with Gasteiger partial charge in [0.2, 0.25) is 0 Å². The molecule has 1 atom stereocenters. The van der Waals surface area contributed by atoms with Crippen molar-refractivity contribution in [3.05, 3.63) is 23.8 Å². The van der Waals surface area contributed by atoms with E-state index in [4.69, 9.17) is 5.73 Å². The average molecular weight is 240 g/mol. The van der Waals surface area contributed by atoms with Crippen molar-refractivity contribution in [1.82, 2.24) is 0 Å². The third-order valence-corrected chi connectivity index (χ3v) is 3.43. The van der Waals surface area contributed by atoms with E-state index in [9.17, 15) is 8.78 Å². The normalized spacial score (nSPS) is 21.4. The van der Waals surface area contributed by atoms with E-state index < -0.39 is 11.6 Å². The van der Waals surface area contributed by atoms with Gasteiger partial charge in [-0.3, -0.25) is 0 Å². The fourth-order valence-corrected chi connectivity index (χ4v) is 2.44. The molecule has 1 fully saturated rings. The Labute approximate surface area is 100 Å². The van der Waals surface area contributed by atoms with Gasteiger partial charge in [0, 0.05) is 18.7 Å². The lowest BCUT2D eigenvalue weighted by Gasteiger charge is -2.30. The first-order chi connectivity index (χ1) is 8.09. The highest BCUT2D eigenvalue weighted by Gasteiger charge is 2.21. The number of nitrogens with zero attached hydrogens (tertiary/aromatic N) is 1. The molecule has 0 radical (unpaired) electrons. The van der Waals surface area contributed by atoms with Gasteiger partial charge in [-0.05, 0) is 25.8 Å². The highest BCUT2D eigenvalue weighted by molar-refractivity contribution is 5.68. The van der Waals surface area contributed by atoms with Crippen molar-refractivity contribution in [1.29, 1.82) is 0 Å². The molecule has 0 amide bonds. The summed E-state index contributed by atoms with van der Waals surface area (Å²) in [7, 11) is 0. The van der Waals surface area contributed by atoms with Crippen LogP contribution in [0.4, 0.5) is 20.2 Å². The minimum Gasteiger partial charge on any atom is -0.395 e. The molecule has 94 valence electrons. The summed E-state index contributed by atoms with van der Waals surface area (Å²) in [5.41, 5.74) is 6.27. The fourth-order valence-electron chi connectivity index (χ4n) is 2.44. The third-order valence-electron chi connectivity index (χ3n) is 3.43. The van der Waals surface area contributed by atoms with Crippen LogP contribution in [0.3, 0.4) is 0 Å². The van der Waals surface area contributed by atoms with E-state index >= 15 is 0 Å². The van der Waals surface area contributed by atoms with Crippen molar-refractivity contribution in [3.8, 4) is 0 Å². The van der Waals surface area contributed by atoms with Gasteiger partial charge in [-0.2, -0.15) is 0 Å². The van der Waals surface area contributed by atoms with E-state index in [2.05, 4.69) is 6.92 Å². The molecule has 0 spiro atoms. The molecule has 1 aliphatic rings. The summed E-state index contributed by atoms with van der Waals surface area (Å²) in [5.74, 6) is -1.24. The first kappa shape index (κ1) is 12.1. The molecule has 0 aromatic heterocycles. The summed E-state index contributed by atoms with van der Waals surface area (Å²) in [6, 6.07) is 2.45. The number of hydrogen-bond donors (Lipinski definition) is 1. The lowest BCUT2D eigenvalue weighted by Crippen LogP contribution is -2.33. The van der Waals surface area contributed by atoms with Crippen LogP contribution >= 0.6 is 0 Å². The smallest absolute Gasteiger partial charge is 0.151 e. The molecule has 1 aliphatic heterocycles. The first-order valence-electron chi connectivity index (χ1n) is 6.10. The zero-order chi connectivity index (χ0) is 12.4. The van der Waals surface area contributed by atoms with Gasteiger partial charge in [0.25, 0.3) is 0 Å². The van der Waals surface area contributed by atoms with Gasteiger partial charge in [0.15, 0.2) is 5.82 Å². The van der Waals surface area contributed by atoms with E-state index in [0.717, 1.165) is 31.9 Å². The molecule has 0 aliphatic carbocycles. The molecule has 4 heteroatoms. The Morgan fingerprint density at radius 1 is 1.24 bits per heavy atom. The van der Waals surface area contributed by atoms with Gasteiger partial charge in [0.05, 0.1) is 11.4 Å². The summed E-state index contributed by atoms with van der Waals surface area (Å²) in [5, 5.41) is 0. The first-order valence-corrected chi connectivity index (χ1v) is 6.10. The van der Waals surface area contributed by atoms with Crippen LogP contribution in [0.25, 0.3) is 0 Å². The minimum absolute atomic E-state index is 0.0557. The standard InChI is InChI=1S/C13H18F2N2/c1-9-5-3-2-4-6-17(9)12-8-10(14)7-11(15)13(12)16/h7-9H,2-6,16H2,1H3. The molecular formula is C13H18F2N2. The fraction of sp³-hybridized carbons (Fsp3) is 0.538. The lowest BCUT2D eigenvalue weighted by molar-refractivity contribution is 0.577. The topological polar surface area (TPSA) is 29.3 Å². The third kappa shape index (κ3) is 2.51. The quantitative estimate of drug-likeness (QED) is 0.763. The minimum atomic E-state index is -0.670. The predicted octanol–water partition coefficient (Wildman–Crippen LogP) is 3.32. The SMILES string of the molecule is CC1CCCCCN1c1cc(F)cc(F)c1N. The van der Waals surface area contributed by atoms with Gasteiger partial charge in [-0.25, -0.2) is 8.78 Å². The Balaban J connectivity index is 2.37. The van der Waals surface area contributed by atoms with Crippen LogP contribution in [-0.4, -0.2) is 12.6 Å².